The average molecular weight is 454 g/mol. The van der Waals surface area contributed by atoms with Gasteiger partial charge in [0.2, 0.25) is 0 Å². The lowest BCUT2D eigenvalue weighted by Gasteiger charge is -2.34. The van der Waals surface area contributed by atoms with Crippen LogP contribution < -0.4 is 5.32 Å². The second-order valence-electron chi connectivity index (χ2n) is 9.42. The van der Waals surface area contributed by atoms with Crippen molar-refractivity contribution < 1.29 is 13.9 Å². The number of carbonyl (C=O) groups is 1. The third-order valence-corrected chi connectivity index (χ3v) is 7.13. The molecule has 0 radical (unpaired) electrons. The third-order valence-electron chi connectivity index (χ3n) is 7.13. The number of amides is 1. The molecular weight excluding hydrogens is 417 g/mol. The van der Waals surface area contributed by atoms with Gasteiger partial charge in [-0.2, -0.15) is 0 Å². The SMILES string of the molecule is COC(=O)N(Cc1ccccc1C1CCN(Cc2ccc(F)cc2)CC1)CC1CCNCC1. The Morgan fingerprint density at radius 1 is 1.06 bits per heavy atom. The van der Waals surface area contributed by atoms with Crippen LogP contribution in [0.25, 0.3) is 0 Å². The molecule has 5 nitrogen and oxygen atoms in total. The van der Waals surface area contributed by atoms with Crippen LogP contribution >= 0.6 is 0 Å². The van der Waals surface area contributed by atoms with Gasteiger partial charge >= 0.3 is 6.09 Å². The summed E-state index contributed by atoms with van der Waals surface area (Å²) in [4.78, 5) is 16.9. The number of hydrogen-bond acceptors (Lipinski definition) is 4. The minimum absolute atomic E-state index is 0.185. The molecule has 0 aromatic heterocycles. The third kappa shape index (κ3) is 6.55. The summed E-state index contributed by atoms with van der Waals surface area (Å²) in [5, 5.41) is 3.40. The lowest BCUT2D eigenvalue weighted by atomic mass is 9.86. The first-order valence-electron chi connectivity index (χ1n) is 12.2. The Labute approximate surface area is 196 Å². The Bertz CT molecular complexity index is 890. The van der Waals surface area contributed by atoms with E-state index in [2.05, 4.69) is 34.5 Å². The predicted octanol–water partition coefficient (Wildman–Crippen LogP) is 4.77. The van der Waals surface area contributed by atoms with Gasteiger partial charge in [0.15, 0.2) is 0 Å². The van der Waals surface area contributed by atoms with Crippen molar-refractivity contribution in [2.75, 3.05) is 39.8 Å². The van der Waals surface area contributed by atoms with Crippen molar-refractivity contribution in [2.45, 2.75) is 44.7 Å². The van der Waals surface area contributed by atoms with E-state index in [1.165, 1.54) is 30.4 Å². The van der Waals surface area contributed by atoms with E-state index >= 15 is 0 Å². The number of ether oxygens (including phenoxy) is 1. The lowest BCUT2D eigenvalue weighted by molar-refractivity contribution is 0.109. The van der Waals surface area contributed by atoms with Gasteiger partial charge in [-0.1, -0.05) is 36.4 Å². The maximum Gasteiger partial charge on any atom is 0.409 e. The summed E-state index contributed by atoms with van der Waals surface area (Å²) >= 11 is 0. The van der Waals surface area contributed by atoms with E-state index in [0.29, 0.717) is 18.4 Å². The normalized spacial score (nSPS) is 18.2. The summed E-state index contributed by atoms with van der Waals surface area (Å²) in [7, 11) is 1.47. The molecule has 6 heteroatoms. The van der Waals surface area contributed by atoms with Crippen LogP contribution in [0.3, 0.4) is 0 Å². The topological polar surface area (TPSA) is 44.8 Å². The Morgan fingerprint density at radius 3 is 2.45 bits per heavy atom. The molecule has 0 unspecified atom stereocenters. The Balaban J connectivity index is 1.39. The Kier molecular flexibility index (Phi) is 8.35. The molecular formula is C27H36FN3O2. The second-order valence-corrected chi connectivity index (χ2v) is 9.42. The lowest BCUT2D eigenvalue weighted by Crippen LogP contribution is -2.39. The highest BCUT2D eigenvalue weighted by Crippen LogP contribution is 2.32. The van der Waals surface area contributed by atoms with E-state index in [9.17, 15) is 9.18 Å². The smallest absolute Gasteiger partial charge is 0.409 e. The fraction of sp³-hybridized carbons (Fsp3) is 0.519. The van der Waals surface area contributed by atoms with Crippen molar-refractivity contribution in [1.29, 1.82) is 0 Å². The molecule has 178 valence electrons. The number of piperidine rings is 2. The van der Waals surface area contributed by atoms with Crippen LogP contribution in [0.5, 0.6) is 0 Å². The van der Waals surface area contributed by atoms with Crippen LogP contribution in [-0.4, -0.2) is 55.7 Å². The molecule has 0 atom stereocenters. The minimum Gasteiger partial charge on any atom is -0.453 e. The summed E-state index contributed by atoms with van der Waals surface area (Å²) in [6.07, 6.45) is 4.14. The average Bonchev–Trinajstić information content (AvgIpc) is 2.86. The zero-order chi connectivity index (χ0) is 23.0. The summed E-state index contributed by atoms with van der Waals surface area (Å²) in [6, 6.07) is 15.4. The van der Waals surface area contributed by atoms with Gasteiger partial charge in [0.25, 0.3) is 0 Å². The fourth-order valence-electron chi connectivity index (χ4n) is 5.24. The Hall–Kier alpha value is -2.44. The number of carbonyl (C=O) groups excluding carboxylic acids is 1. The van der Waals surface area contributed by atoms with Crippen molar-refractivity contribution in [2.24, 2.45) is 5.92 Å². The van der Waals surface area contributed by atoms with E-state index < -0.39 is 0 Å². The van der Waals surface area contributed by atoms with Gasteiger partial charge in [0.1, 0.15) is 5.82 Å². The highest BCUT2D eigenvalue weighted by molar-refractivity contribution is 5.67. The summed E-state index contributed by atoms with van der Waals surface area (Å²) in [6.45, 7) is 6.29. The second kappa shape index (κ2) is 11.6. The van der Waals surface area contributed by atoms with Crippen LogP contribution in [0.1, 0.15) is 48.3 Å². The number of nitrogens with zero attached hydrogens (tertiary/aromatic N) is 2. The van der Waals surface area contributed by atoms with Crippen molar-refractivity contribution >= 4 is 6.09 Å². The first kappa shape index (κ1) is 23.7. The van der Waals surface area contributed by atoms with Crippen LogP contribution in [0, 0.1) is 11.7 Å². The molecule has 0 bridgehead atoms. The zero-order valence-electron chi connectivity index (χ0n) is 19.6. The van der Waals surface area contributed by atoms with E-state index in [1.807, 2.05) is 17.0 Å². The number of benzene rings is 2. The molecule has 2 saturated heterocycles. The van der Waals surface area contributed by atoms with Crippen molar-refractivity contribution in [3.8, 4) is 0 Å². The van der Waals surface area contributed by atoms with Gasteiger partial charge < -0.3 is 15.0 Å². The first-order chi connectivity index (χ1) is 16.1. The maximum atomic E-state index is 13.2. The van der Waals surface area contributed by atoms with Gasteiger partial charge in [-0.3, -0.25) is 4.90 Å². The molecule has 0 saturated carbocycles. The van der Waals surface area contributed by atoms with Gasteiger partial charge in [-0.25, -0.2) is 9.18 Å². The van der Waals surface area contributed by atoms with Crippen LogP contribution in [0.15, 0.2) is 48.5 Å². The monoisotopic (exact) mass is 453 g/mol. The van der Waals surface area contributed by atoms with Gasteiger partial charge in [-0.05, 0) is 92.5 Å². The molecule has 1 N–H and O–H groups in total. The number of halogens is 1. The maximum absolute atomic E-state index is 13.2. The standard InChI is InChI=1S/C27H36FN3O2/c1-33-27(32)31(19-22-10-14-29-15-11-22)20-24-4-2-3-5-26(24)23-12-16-30(17-13-23)18-21-6-8-25(28)9-7-21/h2-9,22-23,29H,10-20H2,1H3. The van der Waals surface area contributed by atoms with E-state index in [4.69, 9.17) is 4.74 Å². The molecule has 0 aliphatic carbocycles. The van der Waals surface area contributed by atoms with E-state index in [-0.39, 0.29) is 11.9 Å². The fourth-order valence-corrected chi connectivity index (χ4v) is 5.24. The molecule has 1 amide bonds. The number of likely N-dealkylation sites (tertiary alicyclic amines) is 1. The molecule has 2 aliphatic heterocycles. The van der Waals surface area contributed by atoms with Gasteiger partial charge in [-0.15, -0.1) is 0 Å². The molecule has 2 heterocycles. The van der Waals surface area contributed by atoms with Crippen LogP contribution in [0.4, 0.5) is 9.18 Å². The van der Waals surface area contributed by atoms with Crippen LogP contribution in [-0.2, 0) is 17.8 Å². The van der Waals surface area contributed by atoms with Crippen LogP contribution in [0.2, 0.25) is 0 Å². The highest BCUT2D eigenvalue weighted by Gasteiger charge is 2.26. The first-order valence-corrected chi connectivity index (χ1v) is 12.2. The minimum atomic E-state index is -0.238. The number of rotatable bonds is 7. The number of hydrogen-bond donors (Lipinski definition) is 1. The molecule has 2 fully saturated rings. The highest BCUT2D eigenvalue weighted by atomic mass is 19.1. The van der Waals surface area contributed by atoms with Crippen molar-refractivity contribution in [3.63, 3.8) is 0 Å². The molecule has 2 aromatic carbocycles. The summed E-state index contributed by atoms with van der Waals surface area (Å²) in [5.41, 5.74) is 3.74. The summed E-state index contributed by atoms with van der Waals surface area (Å²) in [5.74, 6) is 0.825. The molecule has 2 aliphatic rings. The van der Waals surface area contributed by atoms with Crippen molar-refractivity contribution in [1.82, 2.24) is 15.1 Å². The van der Waals surface area contributed by atoms with Gasteiger partial charge in [0.05, 0.1) is 7.11 Å². The Morgan fingerprint density at radius 2 is 1.76 bits per heavy atom. The molecule has 33 heavy (non-hydrogen) atoms. The largest absolute Gasteiger partial charge is 0.453 e. The number of methoxy groups -OCH3 is 1. The number of nitrogens with one attached hydrogen (secondary N) is 1. The quantitative estimate of drug-likeness (QED) is 0.656. The summed E-state index contributed by atoms with van der Waals surface area (Å²) < 4.78 is 18.3. The molecule has 2 aromatic rings. The van der Waals surface area contributed by atoms with E-state index in [1.54, 1.807) is 0 Å². The predicted molar refractivity (Wildman–Crippen MR) is 129 cm³/mol. The molecule has 0 spiro atoms. The van der Waals surface area contributed by atoms with E-state index in [0.717, 1.165) is 70.5 Å². The zero-order valence-corrected chi connectivity index (χ0v) is 19.6. The molecule has 4 rings (SSSR count). The van der Waals surface area contributed by atoms with Gasteiger partial charge in [0, 0.05) is 19.6 Å². The van der Waals surface area contributed by atoms with Crippen molar-refractivity contribution in [3.05, 3.63) is 71.0 Å².